The Labute approximate surface area is 162 Å². The molecule has 2 N–H and O–H groups in total. The number of rotatable bonds is 6. The van der Waals surface area contributed by atoms with Gasteiger partial charge in [-0.3, -0.25) is 25.4 Å². The fourth-order valence-corrected chi connectivity index (χ4v) is 3.96. The second kappa shape index (κ2) is 9.50. The molecular formula is C18H24N6O2S. The van der Waals surface area contributed by atoms with Crippen LogP contribution in [0, 0.1) is 5.92 Å². The molecule has 0 aromatic carbocycles. The lowest BCUT2D eigenvalue weighted by Crippen LogP contribution is -2.45. The SMILES string of the molecule is CCn1c(SCC(=O)NNC(=O)C2CCCCC2)nnc1-c1ccncc1. The molecule has 0 bridgehead atoms. The first-order chi connectivity index (χ1) is 13.2. The van der Waals surface area contributed by atoms with E-state index in [1.54, 1.807) is 12.4 Å². The van der Waals surface area contributed by atoms with Crippen LogP contribution in [0.15, 0.2) is 29.7 Å². The van der Waals surface area contributed by atoms with E-state index in [0.717, 1.165) is 37.1 Å². The number of carbonyl (C=O) groups is 2. The summed E-state index contributed by atoms with van der Waals surface area (Å²) in [6, 6.07) is 3.75. The summed E-state index contributed by atoms with van der Waals surface area (Å²) in [7, 11) is 0. The van der Waals surface area contributed by atoms with Gasteiger partial charge >= 0.3 is 0 Å². The summed E-state index contributed by atoms with van der Waals surface area (Å²) in [5, 5.41) is 9.09. The Morgan fingerprint density at radius 2 is 1.89 bits per heavy atom. The lowest BCUT2D eigenvalue weighted by molar-refractivity contribution is -0.131. The highest BCUT2D eigenvalue weighted by Crippen LogP contribution is 2.24. The van der Waals surface area contributed by atoms with Crippen LogP contribution in [0.25, 0.3) is 11.4 Å². The third-order valence-corrected chi connectivity index (χ3v) is 5.57. The largest absolute Gasteiger partial charge is 0.302 e. The van der Waals surface area contributed by atoms with E-state index in [2.05, 4.69) is 26.0 Å². The van der Waals surface area contributed by atoms with Gasteiger partial charge in [0, 0.05) is 30.4 Å². The smallest absolute Gasteiger partial charge is 0.248 e. The Balaban J connectivity index is 1.51. The molecule has 1 saturated carbocycles. The molecule has 2 aromatic rings. The lowest BCUT2D eigenvalue weighted by atomic mass is 9.89. The number of thioether (sulfide) groups is 1. The van der Waals surface area contributed by atoms with Gasteiger partial charge in [0.1, 0.15) is 0 Å². The molecule has 0 aliphatic heterocycles. The second-order valence-corrected chi connectivity index (χ2v) is 7.39. The Morgan fingerprint density at radius 3 is 2.59 bits per heavy atom. The van der Waals surface area contributed by atoms with E-state index in [9.17, 15) is 9.59 Å². The zero-order chi connectivity index (χ0) is 19.1. The van der Waals surface area contributed by atoms with Crippen molar-refractivity contribution in [3.05, 3.63) is 24.5 Å². The highest BCUT2D eigenvalue weighted by molar-refractivity contribution is 7.99. The Bertz CT molecular complexity index is 773. The standard InChI is InChI=1S/C18H24N6O2S/c1-2-24-16(13-8-10-19-11-9-13)21-23-18(24)27-12-15(25)20-22-17(26)14-6-4-3-5-7-14/h8-11,14H,2-7,12H2,1H3,(H,20,25)(H,22,26). The van der Waals surface area contributed by atoms with Crippen LogP contribution in [-0.2, 0) is 16.1 Å². The molecule has 2 heterocycles. The second-order valence-electron chi connectivity index (χ2n) is 6.45. The molecule has 8 nitrogen and oxygen atoms in total. The van der Waals surface area contributed by atoms with Gasteiger partial charge in [-0.15, -0.1) is 10.2 Å². The van der Waals surface area contributed by atoms with E-state index >= 15 is 0 Å². The van der Waals surface area contributed by atoms with Gasteiger partial charge in [-0.1, -0.05) is 31.0 Å². The van der Waals surface area contributed by atoms with Crippen molar-refractivity contribution in [3.63, 3.8) is 0 Å². The Morgan fingerprint density at radius 1 is 1.15 bits per heavy atom. The molecule has 3 rings (SSSR count). The van der Waals surface area contributed by atoms with Crippen LogP contribution in [-0.4, -0.2) is 37.3 Å². The first-order valence-corrected chi connectivity index (χ1v) is 10.2. The maximum Gasteiger partial charge on any atom is 0.248 e. The summed E-state index contributed by atoms with van der Waals surface area (Å²) in [4.78, 5) is 28.2. The summed E-state index contributed by atoms with van der Waals surface area (Å²) in [5.41, 5.74) is 5.97. The van der Waals surface area contributed by atoms with Crippen LogP contribution in [0.4, 0.5) is 0 Å². The molecule has 0 unspecified atom stereocenters. The number of carbonyl (C=O) groups excluding carboxylic acids is 2. The first-order valence-electron chi connectivity index (χ1n) is 9.24. The minimum Gasteiger partial charge on any atom is -0.302 e. The van der Waals surface area contributed by atoms with Crippen LogP contribution in [0.1, 0.15) is 39.0 Å². The van der Waals surface area contributed by atoms with Crippen LogP contribution in [0.5, 0.6) is 0 Å². The van der Waals surface area contributed by atoms with E-state index in [1.807, 2.05) is 23.6 Å². The van der Waals surface area contributed by atoms with Crippen molar-refractivity contribution >= 4 is 23.6 Å². The molecule has 0 radical (unpaired) electrons. The van der Waals surface area contributed by atoms with Crippen LogP contribution in [0.3, 0.4) is 0 Å². The van der Waals surface area contributed by atoms with E-state index in [1.165, 1.54) is 18.2 Å². The molecule has 0 spiro atoms. The monoisotopic (exact) mass is 388 g/mol. The van der Waals surface area contributed by atoms with Gasteiger partial charge in [-0.2, -0.15) is 0 Å². The highest BCUT2D eigenvalue weighted by Gasteiger charge is 2.21. The van der Waals surface area contributed by atoms with Crippen molar-refractivity contribution in [3.8, 4) is 11.4 Å². The van der Waals surface area contributed by atoms with Crippen molar-refractivity contribution in [1.29, 1.82) is 0 Å². The summed E-state index contributed by atoms with van der Waals surface area (Å²) in [6.07, 6.45) is 8.55. The van der Waals surface area contributed by atoms with E-state index in [-0.39, 0.29) is 23.5 Å². The first kappa shape index (κ1) is 19.3. The molecular weight excluding hydrogens is 364 g/mol. The summed E-state index contributed by atoms with van der Waals surface area (Å²) in [6.45, 7) is 2.69. The van der Waals surface area contributed by atoms with Gasteiger partial charge in [0.15, 0.2) is 11.0 Å². The fraction of sp³-hybridized carbons (Fsp3) is 0.500. The number of nitrogens with one attached hydrogen (secondary N) is 2. The fourth-order valence-electron chi connectivity index (χ4n) is 3.16. The molecule has 27 heavy (non-hydrogen) atoms. The van der Waals surface area contributed by atoms with Crippen molar-refractivity contribution < 1.29 is 9.59 Å². The number of hydrogen-bond acceptors (Lipinski definition) is 6. The molecule has 144 valence electrons. The summed E-state index contributed by atoms with van der Waals surface area (Å²) < 4.78 is 1.95. The van der Waals surface area contributed by atoms with Crippen LogP contribution in [0.2, 0.25) is 0 Å². The zero-order valence-electron chi connectivity index (χ0n) is 15.4. The Hall–Kier alpha value is -2.42. The Kier molecular flexibility index (Phi) is 6.80. The quantitative estimate of drug-likeness (QED) is 0.581. The number of pyridine rings is 1. The van der Waals surface area contributed by atoms with Crippen molar-refractivity contribution in [2.45, 2.75) is 50.7 Å². The maximum absolute atomic E-state index is 12.1. The lowest BCUT2D eigenvalue weighted by Gasteiger charge is -2.20. The molecule has 0 atom stereocenters. The third-order valence-electron chi connectivity index (χ3n) is 4.61. The van der Waals surface area contributed by atoms with Gasteiger partial charge in [0.05, 0.1) is 5.75 Å². The number of aromatic nitrogens is 4. The minimum atomic E-state index is -0.264. The maximum atomic E-state index is 12.1. The molecule has 2 amide bonds. The zero-order valence-corrected chi connectivity index (χ0v) is 16.2. The van der Waals surface area contributed by atoms with Crippen molar-refractivity contribution in [2.75, 3.05) is 5.75 Å². The number of amides is 2. The van der Waals surface area contributed by atoms with Gasteiger partial charge in [-0.25, -0.2) is 0 Å². The molecule has 0 saturated heterocycles. The minimum absolute atomic E-state index is 0.0119. The summed E-state index contributed by atoms with van der Waals surface area (Å²) in [5.74, 6) is 0.552. The van der Waals surface area contributed by atoms with Crippen LogP contribution < -0.4 is 10.9 Å². The molecule has 9 heteroatoms. The molecule has 1 aliphatic rings. The molecule has 2 aromatic heterocycles. The van der Waals surface area contributed by atoms with Gasteiger partial charge in [0.25, 0.3) is 0 Å². The predicted molar refractivity (Wildman–Crippen MR) is 103 cm³/mol. The molecule has 1 aliphatic carbocycles. The highest BCUT2D eigenvalue weighted by atomic mass is 32.2. The summed E-state index contributed by atoms with van der Waals surface area (Å²) >= 11 is 1.29. The van der Waals surface area contributed by atoms with E-state index < -0.39 is 0 Å². The van der Waals surface area contributed by atoms with E-state index in [0.29, 0.717) is 11.7 Å². The average molecular weight is 388 g/mol. The van der Waals surface area contributed by atoms with Crippen molar-refractivity contribution in [1.82, 2.24) is 30.6 Å². The van der Waals surface area contributed by atoms with E-state index in [4.69, 9.17) is 0 Å². The normalized spacial score (nSPS) is 14.7. The number of hydrazine groups is 1. The van der Waals surface area contributed by atoms with Gasteiger partial charge in [-0.05, 0) is 31.9 Å². The average Bonchev–Trinajstić information content (AvgIpc) is 3.14. The number of nitrogens with zero attached hydrogens (tertiary/aromatic N) is 4. The molecule has 1 fully saturated rings. The van der Waals surface area contributed by atoms with Crippen molar-refractivity contribution in [2.24, 2.45) is 5.92 Å². The topological polar surface area (TPSA) is 102 Å². The van der Waals surface area contributed by atoms with Gasteiger partial charge in [0.2, 0.25) is 11.8 Å². The third kappa shape index (κ3) is 5.06. The predicted octanol–water partition coefficient (Wildman–Crippen LogP) is 2.18. The van der Waals surface area contributed by atoms with Crippen LogP contribution >= 0.6 is 11.8 Å². The van der Waals surface area contributed by atoms with Gasteiger partial charge < -0.3 is 4.57 Å². The number of hydrogen-bond donors (Lipinski definition) is 2.